The van der Waals surface area contributed by atoms with Crippen LogP contribution in [-0.4, -0.2) is 28.0 Å². The predicted molar refractivity (Wildman–Crippen MR) is 78.3 cm³/mol. The van der Waals surface area contributed by atoms with Gasteiger partial charge in [-0.2, -0.15) is 0 Å². The van der Waals surface area contributed by atoms with Gasteiger partial charge in [-0.15, -0.1) is 11.3 Å². The number of likely N-dealkylation sites (tertiary alicyclic amines) is 1. The first-order valence-electron chi connectivity index (χ1n) is 6.84. The Balaban J connectivity index is 1.65. The van der Waals surface area contributed by atoms with E-state index in [2.05, 4.69) is 33.2 Å². The van der Waals surface area contributed by atoms with Crippen LogP contribution in [0, 0.1) is 6.92 Å². The molecule has 3 heterocycles. The zero-order valence-electron chi connectivity index (χ0n) is 11.2. The molecule has 1 unspecified atom stereocenters. The molecule has 2 aromatic heterocycles. The molecule has 0 N–H and O–H groups in total. The van der Waals surface area contributed by atoms with Gasteiger partial charge in [0.2, 0.25) is 0 Å². The van der Waals surface area contributed by atoms with E-state index < -0.39 is 0 Å². The maximum atomic E-state index is 4.57. The molecule has 3 nitrogen and oxygen atoms in total. The van der Waals surface area contributed by atoms with E-state index in [1.165, 1.54) is 30.0 Å². The molecule has 0 aromatic carbocycles. The average molecular weight is 273 g/mol. The monoisotopic (exact) mass is 273 g/mol. The van der Waals surface area contributed by atoms with Crippen LogP contribution < -0.4 is 0 Å². The molecule has 1 atom stereocenters. The summed E-state index contributed by atoms with van der Waals surface area (Å²) in [5, 5.41) is 3.38. The van der Waals surface area contributed by atoms with Gasteiger partial charge in [-0.1, -0.05) is 6.07 Å². The summed E-state index contributed by atoms with van der Waals surface area (Å²) in [7, 11) is 0. The molecule has 0 saturated carbocycles. The first-order chi connectivity index (χ1) is 9.31. The van der Waals surface area contributed by atoms with Crippen molar-refractivity contribution in [3.8, 4) is 0 Å². The minimum absolute atomic E-state index is 0.628. The summed E-state index contributed by atoms with van der Waals surface area (Å²) in [6.45, 7) is 5.38. The predicted octanol–water partition coefficient (Wildman–Crippen LogP) is 3.23. The Morgan fingerprint density at radius 2 is 2.42 bits per heavy atom. The van der Waals surface area contributed by atoms with Gasteiger partial charge in [0, 0.05) is 30.0 Å². The topological polar surface area (TPSA) is 29.0 Å². The Kier molecular flexibility index (Phi) is 3.89. The molecule has 100 valence electrons. The van der Waals surface area contributed by atoms with Crippen LogP contribution in [0.3, 0.4) is 0 Å². The summed E-state index contributed by atoms with van der Waals surface area (Å²) in [4.78, 5) is 11.3. The van der Waals surface area contributed by atoms with Crippen molar-refractivity contribution >= 4 is 11.3 Å². The Morgan fingerprint density at radius 1 is 1.47 bits per heavy atom. The fourth-order valence-electron chi connectivity index (χ4n) is 2.76. The van der Waals surface area contributed by atoms with Crippen LogP contribution in [-0.2, 0) is 6.54 Å². The summed E-state index contributed by atoms with van der Waals surface area (Å²) >= 11 is 1.78. The number of nitrogens with zero attached hydrogens (tertiary/aromatic N) is 3. The summed E-state index contributed by atoms with van der Waals surface area (Å²) in [6.07, 6.45) is 6.41. The van der Waals surface area contributed by atoms with E-state index in [0.29, 0.717) is 5.92 Å². The Morgan fingerprint density at radius 3 is 3.16 bits per heavy atom. The van der Waals surface area contributed by atoms with Crippen LogP contribution in [0.1, 0.15) is 35.0 Å². The lowest BCUT2D eigenvalue weighted by molar-refractivity contribution is 0.200. The largest absolute Gasteiger partial charge is 0.296 e. The first kappa shape index (κ1) is 12.8. The van der Waals surface area contributed by atoms with Gasteiger partial charge >= 0.3 is 0 Å². The lowest BCUT2D eigenvalue weighted by Gasteiger charge is -2.32. The van der Waals surface area contributed by atoms with E-state index >= 15 is 0 Å². The van der Waals surface area contributed by atoms with E-state index in [9.17, 15) is 0 Å². The highest BCUT2D eigenvalue weighted by Crippen LogP contribution is 2.27. The first-order valence-corrected chi connectivity index (χ1v) is 7.72. The van der Waals surface area contributed by atoms with Crippen molar-refractivity contribution in [1.29, 1.82) is 0 Å². The summed E-state index contributed by atoms with van der Waals surface area (Å²) < 4.78 is 0. The van der Waals surface area contributed by atoms with Gasteiger partial charge in [0.15, 0.2) is 0 Å². The molecular weight excluding hydrogens is 254 g/mol. The van der Waals surface area contributed by atoms with Gasteiger partial charge in [-0.3, -0.25) is 9.88 Å². The van der Waals surface area contributed by atoms with E-state index in [-0.39, 0.29) is 0 Å². The SMILES string of the molecule is Cc1csc(CN2CCCC(c3cccnc3)C2)n1. The number of aromatic nitrogens is 2. The van der Waals surface area contributed by atoms with Gasteiger partial charge in [0.25, 0.3) is 0 Å². The molecular formula is C15H19N3S. The normalized spacial score (nSPS) is 20.6. The van der Waals surface area contributed by atoms with Crippen LogP contribution in [0.4, 0.5) is 0 Å². The Labute approximate surface area is 118 Å². The summed E-state index contributed by atoms with van der Waals surface area (Å²) in [6, 6.07) is 4.24. The number of hydrogen-bond acceptors (Lipinski definition) is 4. The number of hydrogen-bond donors (Lipinski definition) is 0. The Bertz CT molecular complexity index is 523. The maximum absolute atomic E-state index is 4.57. The highest BCUT2D eigenvalue weighted by Gasteiger charge is 2.22. The van der Waals surface area contributed by atoms with Gasteiger partial charge in [0.05, 0.1) is 6.54 Å². The molecule has 0 radical (unpaired) electrons. The van der Waals surface area contributed by atoms with Crippen molar-refractivity contribution in [2.45, 2.75) is 32.2 Å². The van der Waals surface area contributed by atoms with Gasteiger partial charge in [-0.25, -0.2) is 4.98 Å². The molecule has 1 saturated heterocycles. The molecule has 1 aliphatic rings. The molecule has 0 aliphatic carbocycles. The van der Waals surface area contributed by atoms with E-state index in [4.69, 9.17) is 0 Å². The molecule has 3 rings (SSSR count). The van der Waals surface area contributed by atoms with Gasteiger partial charge < -0.3 is 0 Å². The molecule has 1 fully saturated rings. The third-order valence-corrected chi connectivity index (χ3v) is 4.64. The molecule has 19 heavy (non-hydrogen) atoms. The molecule has 1 aliphatic heterocycles. The quantitative estimate of drug-likeness (QED) is 0.859. The number of pyridine rings is 1. The van der Waals surface area contributed by atoms with Crippen molar-refractivity contribution in [3.05, 3.63) is 46.2 Å². The third kappa shape index (κ3) is 3.19. The van der Waals surface area contributed by atoms with Crippen LogP contribution in [0.5, 0.6) is 0 Å². The minimum Gasteiger partial charge on any atom is -0.296 e. The summed E-state index contributed by atoms with van der Waals surface area (Å²) in [5.74, 6) is 0.628. The zero-order chi connectivity index (χ0) is 13.1. The fourth-order valence-corrected chi connectivity index (χ4v) is 3.57. The van der Waals surface area contributed by atoms with Crippen molar-refractivity contribution < 1.29 is 0 Å². The van der Waals surface area contributed by atoms with E-state index in [0.717, 1.165) is 18.8 Å². The van der Waals surface area contributed by atoms with Gasteiger partial charge in [0.1, 0.15) is 5.01 Å². The second-order valence-electron chi connectivity index (χ2n) is 5.24. The van der Waals surface area contributed by atoms with Crippen molar-refractivity contribution in [1.82, 2.24) is 14.9 Å². The van der Waals surface area contributed by atoms with E-state index in [1.807, 2.05) is 18.5 Å². The maximum Gasteiger partial charge on any atom is 0.107 e. The molecule has 2 aromatic rings. The Hall–Kier alpha value is -1.26. The second-order valence-corrected chi connectivity index (χ2v) is 6.19. The van der Waals surface area contributed by atoms with Crippen molar-refractivity contribution in [2.24, 2.45) is 0 Å². The number of aryl methyl sites for hydroxylation is 1. The van der Waals surface area contributed by atoms with Crippen LogP contribution in [0.15, 0.2) is 29.9 Å². The van der Waals surface area contributed by atoms with Gasteiger partial charge in [-0.05, 0) is 43.9 Å². The van der Waals surface area contributed by atoms with Crippen LogP contribution in [0.25, 0.3) is 0 Å². The average Bonchev–Trinajstić information content (AvgIpc) is 2.85. The zero-order valence-corrected chi connectivity index (χ0v) is 12.1. The second kappa shape index (κ2) is 5.80. The highest BCUT2D eigenvalue weighted by molar-refractivity contribution is 7.09. The lowest BCUT2D eigenvalue weighted by Crippen LogP contribution is -2.33. The number of rotatable bonds is 3. The third-order valence-electron chi connectivity index (χ3n) is 3.69. The number of piperidine rings is 1. The molecule has 4 heteroatoms. The molecule has 0 amide bonds. The van der Waals surface area contributed by atoms with Crippen LogP contribution >= 0.6 is 11.3 Å². The smallest absolute Gasteiger partial charge is 0.107 e. The summed E-state index contributed by atoms with van der Waals surface area (Å²) in [5.41, 5.74) is 2.52. The minimum atomic E-state index is 0.628. The van der Waals surface area contributed by atoms with Crippen LogP contribution in [0.2, 0.25) is 0 Å². The van der Waals surface area contributed by atoms with Crippen molar-refractivity contribution in [3.63, 3.8) is 0 Å². The number of thiazole rings is 1. The van der Waals surface area contributed by atoms with E-state index in [1.54, 1.807) is 11.3 Å². The standard InChI is InChI=1S/C15H19N3S/c1-12-11-19-15(17-12)10-18-7-3-5-14(9-18)13-4-2-6-16-8-13/h2,4,6,8,11,14H,3,5,7,9-10H2,1H3. The van der Waals surface area contributed by atoms with Crippen molar-refractivity contribution in [2.75, 3.05) is 13.1 Å². The lowest BCUT2D eigenvalue weighted by atomic mass is 9.92. The fraction of sp³-hybridized carbons (Fsp3) is 0.467. The highest BCUT2D eigenvalue weighted by atomic mass is 32.1. The molecule has 0 spiro atoms. The molecule has 0 bridgehead atoms.